The third kappa shape index (κ3) is 4.85. The van der Waals surface area contributed by atoms with Crippen LogP contribution in [-0.2, 0) is 26.5 Å². The van der Waals surface area contributed by atoms with Crippen LogP contribution in [0.1, 0.15) is 5.56 Å². The molecule has 0 atom stereocenters. The second kappa shape index (κ2) is 6.61. The van der Waals surface area contributed by atoms with Crippen LogP contribution in [0.25, 0.3) is 0 Å². The van der Waals surface area contributed by atoms with Gasteiger partial charge < -0.3 is 4.18 Å². The van der Waals surface area contributed by atoms with Crippen molar-refractivity contribution in [3.63, 3.8) is 0 Å². The molecule has 1 aromatic carbocycles. The second-order valence-electron chi connectivity index (χ2n) is 2.59. The van der Waals surface area contributed by atoms with Crippen LogP contribution in [0.15, 0.2) is 24.3 Å². The van der Waals surface area contributed by atoms with E-state index in [1.165, 1.54) is 34.5 Å². The molecule has 3 nitrogen and oxygen atoms in total. The fourth-order valence-corrected chi connectivity index (χ4v) is 1.24. The molecule has 0 amide bonds. The molecule has 0 N–H and O–H groups in total. The molecule has 0 fully saturated rings. The molecule has 1 aromatic rings. The van der Waals surface area contributed by atoms with Crippen molar-refractivity contribution in [1.82, 2.24) is 0 Å². The number of benzene rings is 1. The summed E-state index contributed by atoms with van der Waals surface area (Å²) in [6, 6.07) is 5.26. The van der Waals surface area contributed by atoms with Crippen LogP contribution in [-0.4, -0.2) is 13.9 Å². The summed E-state index contributed by atoms with van der Waals surface area (Å²) in [5, 5.41) is 0. The molecule has 0 aliphatic heterocycles. The summed E-state index contributed by atoms with van der Waals surface area (Å²) in [5.41, 5.74) is -5.37. The van der Waals surface area contributed by atoms with Crippen LogP contribution < -0.4 is 4.18 Å². The first-order valence-corrected chi connectivity index (χ1v) is 12.3. The van der Waals surface area contributed by atoms with E-state index in [2.05, 4.69) is 24.7 Å². The van der Waals surface area contributed by atoms with Gasteiger partial charge in [-0.1, -0.05) is 12.1 Å². The molecule has 17 heavy (non-hydrogen) atoms. The second-order valence-corrected chi connectivity index (χ2v) is 4.13. The molecule has 0 aliphatic rings. The number of para-hydroxylation sites is 1. The zero-order valence-corrected chi connectivity index (χ0v) is 13.7. The molecule has 1 rings (SSSR count). The SMILES string of the molecule is [CH2-]c1ccccc1OS(=O)(=O)C(F)(F)F.[Zn+][Br]. The fraction of sp³-hybridized carbons (Fsp3) is 0.125. The van der Waals surface area contributed by atoms with Crippen LogP contribution >= 0.6 is 13.6 Å². The standard InChI is InChI=1S/C8H6F3O3S.BrH.Zn/c1-6-4-2-3-5-7(6)14-15(12,13)8(9,10)11;;/h2-5H,1H2;1H;/q-1;;+2/p-1. The fourth-order valence-electron chi connectivity index (χ4n) is 0.751. The first-order chi connectivity index (χ1) is 7.74. The minimum absolute atomic E-state index is 0.0605. The molecule has 0 aromatic heterocycles. The van der Waals surface area contributed by atoms with E-state index in [-0.39, 0.29) is 5.56 Å². The van der Waals surface area contributed by atoms with Gasteiger partial charge in [0.25, 0.3) is 0 Å². The third-order valence-electron chi connectivity index (χ3n) is 1.46. The van der Waals surface area contributed by atoms with Crippen molar-refractivity contribution >= 4 is 23.7 Å². The van der Waals surface area contributed by atoms with Gasteiger partial charge in [-0.05, 0) is 0 Å². The summed E-state index contributed by atoms with van der Waals surface area (Å²) in [5.74, 6) is -0.435. The van der Waals surface area contributed by atoms with E-state index in [1.807, 2.05) is 0 Å². The predicted octanol–water partition coefficient (Wildman–Crippen LogP) is 2.94. The third-order valence-corrected chi connectivity index (χ3v) is 2.42. The number of rotatable bonds is 2. The van der Waals surface area contributed by atoms with Gasteiger partial charge in [0.15, 0.2) is 0 Å². The number of alkyl halides is 3. The molecular weight excluding hydrogens is 378 g/mol. The summed E-state index contributed by atoms with van der Waals surface area (Å²) in [6.45, 7) is 3.33. The summed E-state index contributed by atoms with van der Waals surface area (Å²) in [4.78, 5) is 0. The average molecular weight is 384 g/mol. The normalized spacial score (nSPS) is 11.4. The van der Waals surface area contributed by atoms with Crippen molar-refractivity contribution in [2.75, 3.05) is 0 Å². The van der Waals surface area contributed by atoms with Gasteiger partial charge in [-0.3, -0.25) is 0 Å². The van der Waals surface area contributed by atoms with Crippen LogP contribution in [0.4, 0.5) is 13.2 Å². The van der Waals surface area contributed by atoms with E-state index in [4.69, 9.17) is 0 Å². The zero-order chi connectivity index (χ0) is 13.7. The van der Waals surface area contributed by atoms with E-state index >= 15 is 0 Å². The Hall–Kier alpha value is -0.267. The molecular formula is C8H6BrF3O3SZn. The van der Waals surface area contributed by atoms with Gasteiger partial charge in [0.2, 0.25) is 0 Å². The van der Waals surface area contributed by atoms with E-state index in [9.17, 15) is 21.6 Å². The van der Waals surface area contributed by atoms with Gasteiger partial charge in [-0.15, -0.1) is 6.07 Å². The first kappa shape index (κ1) is 16.7. The Balaban J connectivity index is 0.00000121. The molecule has 0 spiro atoms. The van der Waals surface area contributed by atoms with Crippen molar-refractivity contribution in [1.29, 1.82) is 0 Å². The van der Waals surface area contributed by atoms with Crippen molar-refractivity contribution in [3.05, 3.63) is 36.8 Å². The Bertz CT molecular complexity index is 461. The van der Waals surface area contributed by atoms with Crippen LogP contribution in [0, 0.1) is 6.92 Å². The van der Waals surface area contributed by atoms with E-state index in [1.54, 1.807) is 0 Å². The summed E-state index contributed by atoms with van der Waals surface area (Å²) >= 11 is 4.25. The Labute approximate surface area is 114 Å². The van der Waals surface area contributed by atoms with Crippen LogP contribution in [0.2, 0.25) is 0 Å². The monoisotopic (exact) mass is 382 g/mol. The number of hydrogen-bond donors (Lipinski definition) is 0. The molecule has 9 heteroatoms. The predicted molar refractivity (Wildman–Crippen MR) is 55.4 cm³/mol. The quantitative estimate of drug-likeness (QED) is 0.341. The molecule has 0 radical (unpaired) electrons. The molecule has 92 valence electrons. The Morgan fingerprint density at radius 1 is 1.24 bits per heavy atom. The maximum absolute atomic E-state index is 11.9. The van der Waals surface area contributed by atoms with Crippen LogP contribution in [0.3, 0.4) is 0 Å². The Kier molecular flexibility index (Phi) is 6.50. The van der Waals surface area contributed by atoms with Crippen molar-refractivity contribution in [2.24, 2.45) is 0 Å². The van der Waals surface area contributed by atoms with E-state index < -0.39 is 21.4 Å². The van der Waals surface area contributed by atoms with Crippen molar-refractivity contribution < 1.29 is 42.1 Å². The van der Waals surface area contributed by atoms with Gasteiger partial charge >= 0.3 is 45.6 Å². The molecule has 0 saturated carbocycles. The molecule has 0 aliphatic carbocycles. The number of halogens is 4. The minimum atomic E-state index is -5.61. The van der Waals surface area contributed by atoms with Gasteiger partial charge in [0.1, 0.15) is 0 Å². The summed E-state index contributed by atoms with van der Waals surface area (Å²) in [6.07, 6.45) is 0. The molecule has 0 heterocycles. The summed E-state index contributed by atoms with van der Waals surface area (Å²) in [7, 11) is -5.61. The molecule has 0 saturated heterocycles. The van der Waals surface area contributed by atoms with Crippen molar-refractivity contribution in [2.45, 2.75) is 5.51 Å². The van der Waals surface area contributed by atoms with Crippen molar-refractivity contribution in [3.8, 4) is 5.75 Å². The maximum atomic E-state index is 11.9. The van der Waals surface area contributed by atoms with Crippen LogP contribution in [0.5, 0.6) is 5.75 Å². The van der Waals surface area contributed by atoms with E-state index in [0.29, 0.717) is 0 Å². The topological polar surface area (TPSA) is 43.4 Å². The molecule has 0 bridgehead atoms. The molecule has 0 unspecified atom stereocenters. The Morgan fingerprint density at radius 3 is 2.12 bits per heavy atom. The Morgan fingerprint density at radius 2 is 1.71 bits per heavy atom. The summed E-state index contributed by atoms with van der Waals surface area (Å²) < 4.78 is 60.8. The van der Waals surface area contributed by atoms with E-state index in [0.717, 1.165) is 6.07 Å². The zero-order valence-electron chi connectivity index (χ0n) is 8.37. The number of hydrogen-bond acceptors (Lipinski definition) is 3. The van der Waals surface area contributed by atoms with Gasteiger partial charge in [-0.25, -0.2) is 0 Å². The average Bonchev–Trinajstić information content (AvgIpc) is 2.22. The van der Waals surface area contributed by atoms with Gasteiger partial charge in [0.05, 0.1) is 0 Å². The van der Waals surface area contributed by atoms with Gasteiger partial charge in [0, 0.05) is 5.75 Å². The van der Waals surface area contributed by atoms with Gasteiger partial charge in [-0.2, -0.15) is 40.1 Å². The first-order valence-electron chi connectivity index (χ1n) is 3.92.